The molecule has 1 saturated heterocycles. The first-order valence-electron chi connectivity index (χ1n) is 9.51. The molecule has 4 rings (SSSR count). The minimum Gasteiger partial charge on any atom is -0.486 e. The molecule has 7 heteroatoms. The predicted molar refractivity (Wildman–Crippen MR) is 110 cm³/mol. The molecule has 150 valence electrons. The molecule has 5 nitrogen and oxygen atoms in total. The number of nitrogens with zero attached hydrogens (tertiary/aromatic N) is 1. The molecule has 3 heterocycles. The van der Waals surface area contributed by atoms with Crippen LogP contribution in [0.2, 0.25) is 0 Å². The number of thiophene rings is 1. The predicted octanol–water partition coefficient (Wildman–Crippen LogP) is 4.23. The van der Waals surface area contributed by atoms with Crippen LogP contribution in [0.5, 0.6) is 5.75 Å². The second-order valence-corrected chi connectivity index (χ2v) is 11.8. The van der Waals surface area contributed by atoms with Gasteiger partial charge in [0.15, 0.2) is 5.78 Å². The maximum absolute atomic E-state index is 12.9. The molecule has 1 aromatic heterocycles. The Balaban J connectivity index is 1.54. The van der Waals surface area contributed by atoms with Gasteiger partial charge >= 0.3 is 0 Å². The Morgan fingerprint density at radius 3 is 2.46 bits per heavy atom. The normalized spacial score (nSPS) is 20.0. The first-order valence-corrected chi connectivity index (χ1v) is 11.8. The van der Waals surface area contributed by atoms with E-state index in [0.717, 1.165) is 5.56 Å². The van der Waals surface area contributed by atoms with Crippen molar-refractivity contribution in [2.24, 2.45) is 0 Å². The summed E-state index contributed by atoms with van der Waals surface area (Å²) in [4.78, 5) is 12.9. The standard InChI is InChI=1S/C21H25NO4S2/c1-20(2,3)15-6-7-18-16(13-15)17(23)14-21(26-18)8-10-22(11-9-21)28(24,25)19-5-4-12-27-19/h4-7,12-13H,8-11,14H2,1-3H3. The number of ether oxygens (including phenoxy) is 1. The number of sulfonamides is 1. The number of hydrogen-bond donors (Lipinski definition) is 0. The second kappa shape index (κ2) is 6.68. The summed E-state index contributed by atoms with van der Waals surface area (Å²) in [5.41, 5.74) is 1.11. The molecule has 0 unspecified atom stereocenters. The number of Topliss-reactive ketones (excluding diaryl/α,β-unsaturated/α-hetero) is 1. The molecular formula is C21H25NO4S2. The van der Waals surface area contributed by atoms with Crippen molar-refractivity contribution < 1.29 is 17.9 Å². The minimum absolute atomic E-state index is 0.0358. The highest BCUT2D eigenvalue weighted by Gasteiger charge is 2.45. The zero-order valence-corrected chi connectivity index (χ0v) is 18.0. The smallest absolute Gasteiger partial charge is 0.252 e. The van der Waals surface area contributed by atoms with Crippen LogP contribution in [-0.4, -0.2) is 37.2 Å². The number of hydrogen-bond acceptors (Lipinski definition) is 5. The van der Waals surface area contributed by atoms with Gasteiger partial charge in [-0.15, -0.1) is 11.3 Å². The summed E-state index contributed by atoms with van der Waals surface area (Å²) >= 11 is 1.23. The Labute approximate surface area is 170 Å². The second-order valence-electron chi connectivity index (χ2n) is 8.68. The highest BCUT2D eigenvalue weighted by molar-refractivity contribution is 7.91. The molecule has 0 radical (unpaired) electrons. The molecule has 1 fully saturated rings. The summed E-state index contributed by atoms with van der Waals surface area (Å²) in [6.07, 6.45) is 1.34. The fourth-order valence-corrected chi connectivity index (χ4v) is 6.50. The van der Waals surface area contributed by atoms with Crippen molar-refractivity contribution in [2.45, 2.75) is 55.3 Å². The summed E-state index contributed by atoms with van der Waals surface area (Å²) < 4.78 is 33.7. The van der Waals surface area contributed by atoms with Crippen LogP contribution in [0.1, 0.15) is 56.0 Å². The zero-order valence-electron chi connectivity index (χ0n) is 16.4. The number of rotatable bonds is 2. The number of ketones is 1. The molecule has 0 aliphatic carbocycles. The number of fused-ring (bicyclic) bond motifs is 1. The summed E-state index contributed by atoms with van der Waals surface area (Å²) in [5, 5.41) is 1.77. The van der Waals surface area contributed by atoms with Crippen molar-refractivity contribution in [1.29, 1.82) is 0 Å². The summed E-state index contributed by atoms with van der Waals surface area (Å²) in [6, 6.07) is 9.23. The molecule has 0 amide bonds. The molecule has 1 spiro atoms. The van der Waals surface area contributed by atoms with E-state index in [4.69, 9.17) is 4.74 Å². The van der Waals surface area contributed by atoms with Crippen LogP contribution >= 0.6 is 11.3 Å². The van der Waals surface area contributed by atoms with E-state index >= 15 is 0 Å². The Kier molecular flexibility index (Phi) is 4.68. The van der Waals surface area contributed by atoms with Crippen LogP contribution < -0.4 is 4.74 Å². The number of benzene rings is 1. The van der Waals surface area contributed by atoms with Crippen LogP contribution in [0, 0.1) is 0 Å². The van der Waals surface area contributed by atoms with Crippen molar-refractivity contribution >= 4 is 27.1 Å². The first kappa shape index (κ1) is 19.6. The number of carbonyl (C=O) groups is 1. The van der Waals surface area contributed by atoms with Crippen LogP contribution in [0.25, 0.3) is 0 Å². The molecule has 0 saturated carbocycles. The van der Waals surface area contributed by atoms with Gasteiger partial charge in [0.25, 0.3) is 10.0 Å². The topological polar surface area (TPSA) is 63.7 Å². The van der Waals surface area contributed by atoms with Crippen molar-refractivity contribution in [3.8, 4) is 5.75 Å². The molecule has 0 atom stereocenters. The zero-order chi connectivity index (χ0) is 20.2. The average Bonchev–Trinajstić information content (AvgIpc) is 3.16. The van der Waals surface area contributed by atoms with Crippen molar-refractivity contribution in [3.63, 3.8) is 0 Å². The lowest BCUT2D eigenvalue weighted by molar-refractivity contribution is 0.00590. The van der Waals surface area contributed by atoms with E-state index in [9.17, 15) is 13.2 Å². The lowest BCUT2D eigenvalue weighted by atomic mass is 9.80. The first-order chi connectivity index (χ1) is 13.1. The van der Waals surface area contributed by atoms with Gasteiger partial charge < -0.3 is 4.74 Å². The van der Waals surface area contributed by atoms with Gasteiger partial charge in [0.2, 0.25) is 0 Å². The Hall–Kier alpha value is -1.70. The van der Waals surface area contributed by atoms with Gasteiger partial charge in [-0.1, -0.05) is 32.9 Å². The molecule has 0 bridgehead atoms. The highest BCUT2D eigenvalue weighted by atomic mass is 32.2. The molecule has 2 aliphatic rings. The maximum atomic E-state index is 12.9. The van der Waals surface area contributed by atoms with Crippen LogP contribution in [0.4, 0.5) is 0 Å². The van der Waals surface area contributed by atoms with Gasteiger partial charge in [-0.2, -0.15) is 4.31 Å². The van der Waals surface area contributed by atoms with Gasteiger partial charge in [-0.3, -0.25) is 4.79 Å². The summed E-state index contributed by atoms with van der Waals surface area (Å²) in [6.45, 7) is 7.09. The molecule has 2 aliphatic heterocycles. The van der Waals surface area contributed by atoms with Gasteiger partial charge in [-0.05, 0) is 34.6 Å². The maximum Gasteiger partial charge on any atom is 0.252 e. The van der Waals surface area contributed by atoms with E-state index in [1.807, 2.05) is 18.2 Å². The van der Waals surface area contributed by atoms with Crippen LogP contribution in [-0.2, 0) is 15.4 Å². The molecule has 2 aromatic rings. The quantitative estimate of drug-likeness (QED) is 0.731. The number of piperidine rings is 1. The van der Waals surface area contributed by atoms with Gasteiger partial charge in [0.1, 0.15) is 15.6 Å². The van der Waals surface area contributed by atoms with Crippen molar-refractivity contribution in [3.05, 3.63) is 46.8 Å². The monoisotopic (exact) mass is 419 g/mol. The fraction of sp³-hybridized carbons (Fsp3) is 0.476. The third-order valence-electron chi connectivity index (χ3n) is 5.68. The Bertz CT molecular complexity index is 996. The Morgan fingerprint density at radius 2 is 1.86 bits per heavy atom. The van der Waals surface area contributed by atoms with E-state index in [-0.39, 0.29) is 11.2 Å². The minimum atomic E-state index is -3.46. The van der Waals surface area contributed by atoms with Crippen molar-refractivity contribution in [2.75, 3.05) is 13.1 Å². The Morgan fingerprint density at radius 1 is 1.14 bits per heavy atom. The molecule has 1 aromatic carbocycles. The summed E-state index contributed by atoms with van der Waals surface area (Å²) in [5.74, 6) is 0.709. The average molecular weight is 420 g/mol. The molecular weight excluding hydrogens is 394 g/mol. The van der Waals surface area contributed by atoms with E-state index in [2.05, 4.69) is 20.8 Å². The lowest BCUT2D eigenvalue weighted by Crippen LogP contribution is -2.52. The lowest BCUT2D eigenvalue weighted by Gasteiger charge is -2.43. The van der Waals surface area contributed by atoms with E-state index < -0.39 is 15.6 Å². The van der Waals surface area contributed by atoms with Gasteiger partial charge in [0, 0.05) is 25.9 Å². The van der Waals surface area contributed by atoms with Gasteiger partial charge in [0.05, 0.1) is 12.0 Å². The van der Waals surface area contributed by atoms with E-state index in [1.54, 1.807) is 17.5 Å². The van der Waals surface area contributed by atoms with E-state index in [0.29, 0.717) is 47.9 Å². The van der Waals surface area contributed by atoms with Gasteiger partial charge in [-0.25, -0.2) is 8.42 Å². The van der Waals surface area contributed by atoms with Crippen LogP contribution in [0.3, 0.4) is 0 Å². The SMILES string of the molecule is CC(C)(C)c1ccc2c(c1)C(=O)CC1(CCN(S(=O)(=O)c3cccs3)CC1)O2. The largest absolute Gasteiger partial charge is 0.486 e. The van der Waals surface area contributed by atoms with Crippen molar-refractivity contribution in [1.82, 2.24) is 4.31 Å². The van der Waals surface area contributed by atoms with Crippen LogP contribution in [0.15, 0.2) is 39.9 Å². The number of carbonyl (C=O) groups excluding carboxylic acids is 1. The molecule has 28 heavy (non-hydrogen) atoms. The highest BCUT2D eigenvalue weighted by Crippen LogP contribution is 2.41. The third kappa shape index (κ3) is 3.40. The third-order valence-corrected chi connectivity index (χ3v) is 8.95. The van der Waals surface area contributed by atoms with E-state index in [1.165, 1.54) is 15.6 Å². The molecule has 0 N–H and O–H groups in total. The fourth-order valence-electron chi connectivity index (χ4n) is 3.91. The summed E-state index contributed by atoms with van der Waals surface area (Å²) in [7, 11) is -3.46.